The monoisotopic (exact) mass is 245 g/mol. The van der Waals surface area contributed by atoms with E-state index in [0.29, 0.717) is 6.54 Å². The number of likely N-dealkylation sites (tertiary alicyclic amines) is 1. The number of nitrogens with zero attached hydrogens (tertiary/aromatic N) is 2. The van der Waals surface area contributed by atoms with Crippen LogP contribution in [0.15, 0.2) is 0 Å². The molecule has 1 heterocycles. The lowest BCUT2D eigenvalue weighted by Crippen LogP contribution is -2.34. The molecule has 1 N–H and O–H groups in total. The van der Waals surface area contributed by atoms with Gasteiger partial charge in [0.05, 0.1) is 6.07 Å². The van der Waals surface area contributed by atoms with Crippen molar-refractivity contribution in [1.29, 1.82) is 5.26 Å². The van der Waals surface area contributed by atoms with E-state index in [1.54, 1.807) is 6.07 Å². The van der Waals surface area contributed by atoms with Crippen molar-refractivity contribution in [2.45, 2.75) is 31.4 Å². The third-order valence-corrected chi connectivity index (χ3v) is 4.44. The van der Waals surface area contributed by atoms with Crippen LogP contribution < -0.4 is 4.72 Å². The molecule has 0 saturated carbocycles. The highest BCUT2D eigenvalue weighted by Crippen LogP contribution is 2.07. The molecule has 1 unspecified atom stereocenters. The van der Waals surface area contributed by atoms with Crippen molar-refractivity contribution in [3.8, 4) is 6.07 Å². The maximum atomic E-state index is 11.4. The number of nitriles is 1. The quantitative estimate of drug-likeness (QED) is 0.683. The SMILES string of the molecule is CC(C#N)S(=O)(=O)NCCCN1CCCC1. The molecule has 0 bridgehead atoms. The first kappa shape index (κ1) is 13.4. The van der Waals surface area contributed by atoms with Crippen molar-refractivity contribution in [2.75, 3.05) is 26.2 Å². The van der Waals surface area contributed by atoms with Crippen LogP contribution in [-0.2, 0) is 10.0 Å². The van der Waals surface area contributed by atoms with Crippen LogP contribution in [0.1, 0.15) is 26.2 Å². The van der Waals surface area contributed by atoms with Crippen LogP contribution in [0.5, 0.6) is 0 Å². The summed E-state index contributed by atoms with van der Waals surface area (Å²) in [5.74, 6) is 0. The van der Waals surface area contributed by atoms with Gasteiger partial charge in [-0.25, -0.2) is 13.1 Å². The molecule has 1 fully saturated rings. The average Bonchev–Trinajstić information content (AvgIpc) is 2.76. The number of hydrogen-bond donors (Lipinski definition) is 1. The van der Waals surface area contributed by atoms with Gasteiger partial charge in [-0.05, 0) is 45.8 Å². The fraction of sp³-hybridized carbons (Fsp3) is 0.900. The zero-order valence-electron chi connectivity index (χ0n) is 9.65. The predicted octanol–water partition coefficient (Wildman–Crippen LogP) is 0.304. The number of sulfonamides is 1. The molecule has 6 heteroatoms. The molecular formula is C10H19N3O2S. The van der Waals surface area contributed by atoms with Crippen molar-refractivity contribution < 1.29 is 8.42 Å². The second-order valence-corrected chi connectivity index (χ2v) is 6.20. The molecule has 1 aliphatic heterocycles. The van der Waals surface area contributed by atoms with E-state index in [0.717, 1.165) is 26.1 Å². The molecule has 0 aromatic carbocycles. The molecule has 1 atom stereocenters. The van der Waals surface area contributed by atoms with E-state index in [9.17, 15) is 8.42 Å². The highest BCUT2D eigenvalue weighted by Gasteiger charge is 2.19. The average molecular weight is 245 g/mol. The Balaban J connectivity index is 2.17. The Morgan fingerprint density at radius 1 is 1.44 bits per heavy atom. The summed E-state index contributed by atoms with van der Waals surface area (Å²) in [4.78, 5) is 2.34. The Kier molecular flexibility index (Phi) is 5.19. The Hall–Kier alpha value is -0.640. The first-order valence-electron chi connectivity index (χ1n) is 5.67. The molecule has 0 aromatic heterocycles. The van der Waals surface area contributed by atoms with E-state index in [4.69, 9.17) is 5.26 Å². The van der Waals surface area contributed by atoms with Gasteiger partial charge in [0, 0.05) is 6.54 Å². The van der Waals surface area contributed by atoms with E-state index in [1.165, 1.54) is 19.8 Å². The van der Waals surface area contributed by atoms with Gasteiger partial charge in [0.2, 0.25) is 10.0 Å². The molecule has 0 aromatic rings. The number of rotatable bonds is 6. The van der Waals surface area contributed by atoms with E-state index >= 15 is 0 Å². The smallest absolute Gasteiger partial charge is 0.227 e. The fourth-order valence-electron chi connectivity index (χ4n) is 1.72. The fourth-order valence-corrected chi connectivity index (χ4v) is 2.54. The topological polar surface area (TPSA) is 73.2 Å². The molecular weight excluding hydrogens is 226 g/mol. The Labute approximate surface area is 97.5 Å². The minimum absolute atomic E-state index is 0.421. The van der Waals surface area contributed by atoms with Gasteiger partial charge in [-0.3, -0.25) is 0 Å². The van der Waals surface area contributed by atoms with Gasteiger partial charge in [0.25, 0.3) is 0 Å². The lowest BCUT2D eigenvalue weighted by Gasteiger charge is -2.14. The van der Waals surface area contributed by atoms with Crippen LogP contribution in [0, 0.1) is 11.3 Å². The lowest BCUT2D eigenvalue weighted by molar-refractivity contribution is 0.334. The van der Waals surface area contributed by atoms with Gasteiger partial charge in [-0.15, -0.1) is 0 Å². The van der Waals surface area contributed by atoms with Crippen LogP contribution in [0.25, 0.3) is 0 Å². The van der Waals surface area contributed by atoms with Crippen molar-refractivity contribution in [1.82, 2.24) is 9.62 Å². The molecule has 1 rings (SSSR count). The summed E-state index contributed by atoms with van der Waals surface area (Å²) >= 11 is 0. The summed E-state index contributed by atoms with van der Waals surface area (Å²) in [5, 5.41) is 7.55. The molecule has 1 aliphatic rings. The summed E-state index contributed by atoms with van der Waals surface area (Å²) in [6.45, 7) is 5.00. The zero-order valence-corrected chi connectivity index (χ0v) is 10.5. The predicted molar refractivity (Wildman–Crippen MR) is 62.3 cm³/mol. The van der Waals surface area contributed by atoms with Gasteiger partial charge in [0.1, 0.15) is 0 Å². The van der Waals surface area contributed by atoms with Crippen molar-refractivity contribution >= 4 is 10.0 Å². The first-order chi connectivity index (χ1) is 7.56. The first-order valence-corrected chi connectivity index (χ1v) is 7.21. The van der Waals surface area contributed by atoms with Crippen molar-refractivity contribution in [3.63, 3.8) is 0 Å². The summed E-state index contributed by atoms with van der Waals surface area (Å²) in [5.41, 5.74) is 0. The van der Waals surface area contributed by atoms with Crippen LogP contribution in [0.3, 0.4) is 0 Å². The zero-order chi connectivity index (χ0) is 12.0. The third-order valence-electron chi connectivity index (χ3n) is 2.80. The van der Waals surface area contributed by atoms with Crippen LogP contribution in [0.2, 0.25) is 0 Å². The van der Waals surface area contributed by atoms with E-state index in [-0.39, 0.29) is 0 Å². The van der Waals surface area contributed by atoms with E-state index in [1.807, 2.05) is 0 Å². The van der Waals surface area contributed by atoms with Crippen molar-refractivity contribution in [2.24, 2.45) is 0 Å². The van der Waals surface area contributed by atoms with Crippen LogP contribution in [0.4, 0.5) is 0 Å². The maximum absolute atomic E-state index is 11.4. The van der Waals surface area contributed by atoms with Crippen LogP contribution >= 0.6 is 0 Å². The molecule has 0 spiro atoms. The standard InChI is InChI=1S/C10H19N3O2S/c1-10(9-11)16(14,15)12-5-4-8-13-6-2-3-7-13/h10,12H,2-8H2,1H3. The van der Waals surface area contributed by atoms with Gasteiger partial charge < -0.3 is 4.90 Å². The second-order valence-electron chi connectivity index (χ2n) is 4.11. The van der Waals surface area contributed by atoms with Gasteiger partial charge in [-0.1, -0.05) is 0 Å². The van der Waals surface area contributed by atoms with Gasteiger partial charge in [-0.2, -0.15) is 5.26 Å². The largest absolute Gasteiger partial charge is 0.303 e. The lowest BCUT2D eigenvalue weighted by atomic mass is 10.4. The van der Waals surface area contributed by atoms with E-state index in [2.05, 4.69) is 9.62 Å². The Morgan fingerprint density at radius 2 is 2.06 bits per heavy atom. The van der Waals surface area contributed by atoms with Gasteiger partial charge in [0.15, 0.2) is 5.25 Å². The molecule has 5 nitrogen and oxygen atoms in total. The third kappa shape index (κ3) is 4.08. The minimum atomic E-state index is -3.44. The van der Waals surface area contributed by atoms with Gasteiger partial charge >= 0.3 is 0 Å². The van der Waals surface area contributed by atoms with Crippen molar-refractivity contribution in [3.05, 3.63) is 0 Å². The number of nitrogens with one attached hydrogen (secondary N) is 1. The molecule has 0 radical (unpaired) electrons. The molecule has 92 valence electrons. The normalized spacial score (nSPS) is 19.5. The highest BCUT2D eigenvalue weighted by molar-refractivity contribution is 7.90. The summed E-state index contributed by atoms with van der Waals surface area (Å²) in [6, 6.07) is 1.73. The Bertz CT molecular complexity index is 342. The molecule has 1 saturated heterocycles. The summed E-state index contributed by atoms with van der Waals surface area (Å²) in [6.07, 6.45) is 3.30. The number of hydrogen-bond acceptors (Lipinski definition) is 4. The van der Waals surface area contributed by atoms with Crippen LogP contribution in [-0.4, -0.2) is 44.7 Å². The summed E-state index contributed by atoms with van der Waals surface area (Å²) < 4.78 is 25.3. The minimum Gasteiger partial charge on any atom is -0.303 e. The Morgan fingerprint density at radius 3 is 2.62 bits per heavy atom. The highest BCUT2D eigenvalue weighted by atomic mass is 32.2. The summed E-state index contributed by atoms with van der Waals surface area (Å²) in [7, 11) is -3.44. The molecule has 0 aliphatic carbocycles. The molecule has 0 amide bonds. The van der Waals surface area contributed by atoms with E-state index < -0.39 is 15.3 Å². The maximum Gasteiger partial charge on any atom is 0.227 e. The molecule has 16 heavy (non-hydrogen) atoms. The second kappa shape index (κ2) is 6.18.